The summed E-state index contributed by atoms with van der Waals surface area (Å²) < 4.78 is 6.11. The van der Waals surface area contributed by atoms with Gasteiger partial charge in [0.15, 0.2) is 0 Å². The number of hydrogen-bond donors (Lipinski definition) is 1. The van der Waals surface area contributed by atoms with Crippen LogP contribution in [0, 0.1) is 0 Å². The van der Waals surface area contributed by atoms with Crippen LogP contribution in [0.2, 0.25) is 0 Å². The molecule has 2 aliphatic heterocycles. The largest absolute Gasteiger partial charge is 0.490 e. The Balaban J connectivity index is 0.00000140. The molecule has 0 atom stereocenters. The van der Waals surface area contributed by atoms with Crippen LogP contribution in [0.4, 0.5) is 5.82 Å². The van der Waals surface area contributed by atoms with Crippen molar-refractivity contribution in [1.82, 2.24) is 20.3 Å². The summed E-state index contributed by atoms with van der Waals surface area (Å²) in [5, 5.41) is 3.48. The average molecular weight is 426 g/mol. The molecule has 4 heterocycles. The van der Waals surface area contributed by atoms with Crippen molar-refractivity contribution in [1.29, 1.82) is 0 Å². The van der Waals surface area contributed by atoms with Crippen LogP contribution in [-0.4, -0.2) is 47.2 Å². The lowest BCUT2D eigenvalue weighted by atomic mass is 10.0. The van der Waals surface area contributed by atoms with Crippen LogP contribution >= 0.6 is 24.8 Å². The Morgan fingerprint density at radius 2 is 1.79 bits per heavy atom. The number of nitrogens with one attached hydrogen (secondary N) is 1. The quantitative estimate of drug-likeness (QED) is 0.811. The van der Waals surface area contributed by atoms with E-state index >= 15 is 0 Å². The maximum absolute atomic E-state index is 6.11. The van der Waals surface area contributed by atoms with Gasteiger partial charge in [-0.2, -0.15) is 0 Å². The van der Waals surface area contributed by atoms with Gasteiger partial charge in [-0.05, 0) is 25.1 Å². The van der Waals surface area contributed by atoms with Crippen LogP contribution in [0.3, 0.4) is 0 Å². The highest BCUT2D eigenvalue weighted by molar-refractivity contribution is 5.85. The summed E-state index contributed by atoms with van der Waals surface area (Å²) in [4.78, 5) is 16.2. The van der Waals surface area contributed by atoms with Gasteiger partial charge >= 0.3 is 0 Å². The Labute approximate surface area is 179 Å². The lowest BCUT2D eigenvalue weighted by Gasteiger charge is -2.34. The Morgan fingerprint density at radius 1 is 1.07 bits per heavy atom. The fraction of sp³-hybridized carbons (Fsp3) is 0.550. The summed E-state index contributed by atoms with van der Waals surface area (Å²) in [7, 11) is 0. The van der Waals surface area contributed by atoms with E-state index in [2.05, 4.69) is 22.1 Å². The fourth-order valence-electron chi connectivity index (χ4n) is 3.79. The number of halogens is 2. The number of hydrogen-bond acceptors (Lipinski definition) is 6. The Hall–Kier alpha value is -1.63. The van der Waals surface area contributed by atoms with Gasteiger partial charge in [-0.1, -0.05) is 6.92 Å². The van der Waals surface area contributed by atoms with Crippen LogP contribution in [-0.2, 0) is 19.3 Å². The zero-order chi connectivity index (χ0) is 17.8. The maximum Gasteiger partial charge on any atom is 0.135 e. The van der Waals surface area contributed by atoms with Gasteiger partial charge in [0.05, 0.1) is 5.69 Å². The highest BCUT2D eigenvalue weighted by Crippen LogP contribution is 2.27. The second-order valence-corrected chi connectivity index (χ2v) is 6.98. The number of piperidine rings is 1. The van der Waals surface area contributed by atoms with E-state index in [0.29, 0.717) is 0 Å². The second-order valence-electron chi connectivity index (χ2n) is 6.98. The Kier molecular flexibility index (Phi) is 8.73. The van der Waals surface area contributed by atoms with Gasteiger partial charge in [-0.3, -0.25) is 4.98 Å². The topological polar surface area (TPSA) is 63.2 Å². The summed E-state index contributed by atoms with van der Waals surface area (Å²) >= 11 is 0. The molecule has 2 aliphatic rings. The number of aryl methyl sites for hydroxylation is 1. The van der Waals surface area contributed by atoms with Gasteiger partial charge in [0.25, 0.3) is 0 Å². The van der Waals surface area contributed by atoms with Gasteiger partial charge in [0, 0.05) is 63.3 Å². The molecule has 1 N–H and O–H groups in total. The van der Waals surface area contributed by atoms with Crippen molar-refractivity contribution in [3.8, 4) is 5.75 Å². The molecular formula is C20H29Cl2N5O. The molecule has 2 aromatic heterocycles. The molecule has 154 valence electrons. The van der Waals surface area contributed by atoms with E-state index in [1.807, 2.05) is 12.1 Å². The smallest absolute Gasteiger partial charge is 0.135 e. The van der Waals surface area contributed by atoms with Crippen LogP contribution < -0.4 is 15.0 Å². The van der Waals surface area contributed by atoms with Gasteiger partial charge in [0.2, 0.25) is 0 Å². The lowest BCUT2D eigenvalue weighted by molar-refractivity contribution is 0.170. The number of nitrogens with zero attached hydrogens (tertiary/aromatic N) is 4. The van der Waals surface area contributed by atoms with Crippen LogP contribution in [0.5, 0.6) is 5.75 Å². The summed E-state index contributed by atoms with van der Waals surface area (Å²) in [6.07, 6.45) is 8.75. The maximum atomic E-state index is 6.11. The van der Waals surface area contributed by atoms with Crippen molar-refractivity contribution in [2.24, 2.45) is 0 Å². The zero-order valence-corrected chi connectivity index (χ0v) is 17.9. The van der Waals surface area contributed by atoms with Crippen LogP contribution in [0.15, 0.2) is 24.5 Å². The SMILES string of the molecule is CCc1nc2c(c(N3CCC(Oc4ccncc4)CC3)n1)CCNCC2.Cl.Cl. The molecule has 8 heteroatoms. The van der Waals surface area contributed by atoms with E-state index in [4.69, 9.17) is 14.7 Å². The molecule has 1 saturated heterocycles. The molecule has 4 rings (SSSR count). The molecule has 0 unspecified atom stereocenters. The molecule has 0 saturated carbocycles. The number of ether oxygens (including phenoxy) is 1. The molecule has 0 aromatic carbocycles. The van der Waals surface area contributed by atoms with Crippen LogP contribution in [0.1, 0.15) is 36.8 Å². The third-order valence-electron chi connectivity index (χ3n) is 5.22. The predicted molar refractivity (Wildman–Crippen MR) is 116 cm³/mol. The molecule has 1 fully saturated rings. The number of aromatic nitrogens is 3. The van der Waals surface area contributed by atoms with Gasteiger partial charge in [-0.25, -0.2) is 9.97 Å². The van der Waals surface area contributed by atoms with Crippen molar-refractivity contribution < 1.29 is 4.74 Å². The molecule has 0 amide bonds. The van der Waals surface area contributed by atoms with E-state index in [1.165, 1.54) is 11.3 Å². The molecule has 0 spiro atoms. The van der Waals surface area contributed by atoms with Gasteiger partial charge in [-0.15, -0.1) is 24.8 Å². The third-order valence-corrected chi connectivity index (χ3v) is 5.22. The first-order valence-corrected chi connectivity index (χ1v) is 9.74. The van der Waals surface area contributed by atoms with Crippen molar-refractivity contribution in [2.45, 2.75) is 45.1 Å². The first kappa shape index (κ1) is 22.7. The fourth-order valence-corrected chi connectivity index (χ4v) is 3.79. The molecule has 0 aliphatic carbocycles. The van der Waals surface area contributed by atoms with E-state index < -0.39 is 0 Å². The predicted octanol–water partition coefficient (Wildman–Crippen LogP) is 3.01. The van der Waals surface area contributed by atoms with Crippen molar-refractivity contribution in [2.75, 3.05) is 31.1 Å². The number of anilines is 1. The minimum Gasteiger partial charge on any atom is -0.490 e. The molecular weight excluding hydrogens is 397 g/mol. The zero-order valence-electron chi connectivity index (χ0n) is 16.3. The second kappa shape index (κ2) is 10.8. The van der Waals surface area contributed by atoms with E-state index in [0.717, 1.165) is 75.7 Å². The summed E-state index contributed by atoms with van der Waals surface area (Å²) in [6.45, 7) is 6.12. The van der Waals surface area contributed by atoms with Gasteiger partial charge < -0.3 is 15.0 Å². The highest BCUT2D eigenvalue weighted by Gasteiger charge is 2.25. The molecule has 2 aromatic rings. The number of fused-ring (bicyclic) bond motifs is 1. The molecule has 6 nitrogen and oxygen atoms in total. The number of rotatable bonds is 4. The third kappa shape index (κ3) is 5.25. The molecule has 0 bridgehead atoms. The first-order chi connectivity index (χ1) is 12.8. The standard InChI is InChI=1S/C20H27N5O.2ClH/c1-2-19-23-18-6-12-22-11-5-17(18)20(24-19)25-13-7-16(8-14-25)26-15-3-9-21-10-4-15;;/h3-4,9-10,16,22H,2,5-8,11-14H2,1H3;2*1H. The Bertz CT molecular complexity index is 739. The van der Waals surface area contributed by atoms with Gasteiger partial charge in [0.1, 0.15) is 23.5 Å². The monoisotopic (exact) mass is 425 g/mol. The Morgan fingerprint density at radius 3 is 2.50 bits per heavy atom. The summed E-state index contributed by atoms with van der Waals surface area (Å²) in [5.74, 6) is 3.04. The van der Waals surface area contributed by atoms with Crippen molar-refractivity contribution in [3.05, 3.63) is 41.6 Å². The van der Waals surface area contributed by atoms with Crippen molar-refractivity contribution >= 4 is 30.6 Å². The van der Waals surface area contributed by atoms with E-state index in [1.54, 1.807) is 12.4 Å². The summed E-state index contributed by atoms with van der Waals surface area (Å²) in [6, 6.07) is 3.86. The summed E-state index contributed by atoms with van der Waals surface area (Å²) in [5.41, 5.74) is 2.59. The van der Waals surface area contributed by atoms with Crippen molar-refractivity contribution in [3.63, 3.8) is 0 Å². The van der Waals surface area contributed by atoms with Crippen LogP contribution in [0.25, 0.3) is 0 Å². The normalized spacial score (nSPS) is 17.0. The van der Waals surface area contributed by atoms with E-state index in [9.17, 15) is 0 Å². The number of pyridine rings is 1. The minimum atomic E-state index is 0. The lowest BCUT2D eigenvalue weighted by Crippen LogP contribution is -2.39. The average Bonchev–Trinajstić information content (AvgIpc) is 2.94. The molecule has 0 radical (unpaired) electrons. The minimum absolute atomic E-state index is 0. The highest BCUT2D eigenvalue weighted by atomic mass is 35.5. The molecule has 28 heavy (non-hydrogen) atoms. The van der Waals surface area contributed by atoms with E-state index in [-0.39, 0.29) is 30.9 Å². The first-order valence-electron chi connectivity index (χ1n) is 9.74.